The van der Waals surface area contributed by atoms with Gasteiger partial charge < -0.3 is 14.2 Å². The summed E-state index contributed by atoms with van der Waals surface area (Å²) >= 11 is 1.86. The van der Waals surface area contributed by atoms with E-state index in [0.29, 0.717) is 0 Å². The largest absolute Gasteiger partial charge is 0.456 e. The molecule has 2 aromatic heterocycles. The predicted octanol–water partition coefficient (Wildman–Crippen LogP) is 17.2. The molecule has 1 unspecified atom stereocenters. The van der Waals surface area contributed by atoms with Gasteiger partial charge in [0.25, 0.3) is 0 Å². The Morgan fingerprint density at radius 1 is 0.323 bits per heavy atom. The van der Waals surface area contributed by atoms with Crippen molar-refractivity contribution < 1.29 is 4.42 Å². The number of hydrogen-bond acceptors (Lipinski definition) is 4. The van der Waals surface area contributed by atoms with Crippen molar-refractivity contribution in [2.45, 2.75) is 5.41 Å². The maximum Gasteiger partial charge on any atom is 0.135 e. The molecule has 0 saturated heterocycles. The molecule has 10 aromatic carbocycles. The van der Waals surface area contributed by atoms with Gasteiger partial charge in [0.15, 0.2) is 0 Å². The highest BCUT2D eigenvalue weighted by molar-refractivity contribution is 7.25. The highest BCUT2D eigenvalue weighted by Crippen LogP contribution is 2.65. The van der Waals surface area contributed by atoms with E-state index in [1.54, 1.807) is 0 Å². The monoisotopic (exact) mass is 846 g/mol. The van der Waals surface area contributed by atoms with Crippen molar-refractivity contribution >= 4 is 87.6 Å². The molecule has 0 aliphatic heterocycles. The van der Waals surface area contributed by atoms with Gasteiger partial charge in [-0.1, -0.05) is 140 Å². The molecule has 12 aromatic rings. The molecule has 1 spiro atoms. The lowest BCUT2D eigenvalue weighted by atomic mass is 9.70. The van der Waals surface area contributed by atoms with Crippen LogP contribution in [0.5, 0.6) is 0 Å². The van der Waals surface area contributed by atoms with Crippen LogP contribution in [0.1, 0.15) is 22.3 Å². The van der Waals surface area contributed by atoms with Crippen LogP contribution in [0.4, 0.5) is 34.1 Å². The Labute approximate surface area is 380 Å². The SMILES string of the molecule is c1ccc(N(c2ccc3c(c2)C2(c4ccccc4-3)c3ccccc3-c3c(N(c4ccccc4)c4ccc5oc6ccccc6c5c4)cccc32)c2ccc3sc4ccccc4c3c2)cc1. The maximum absolute atomic E-state index is 6.34. The van der Waals surface area contributed by atoms with E-state index in [2.05, 4.69) is 234 Å². The molecule has 65 heavy (non-hydrogen) atoms. The van der Waals surface area contributed by atoms with E-state index in [4.69, 9.17) is 4.42 Å². The molecule has 4 heteroatoms. The van der Waals surface area contributed by atoms with Gasteiger partial charge in [0.05, 0.1) is 11.1 Å². The van der Waals surface area contributed by atoms with Crippen molar-refractivity contribution in [1.29, 1.82) is 0 Å². The number of furan rings is 1. The summed E-state index contributed by atoms with van der Waals surface area (Å²) < 4.78 is 8.95. The summed E-state index contributed by atoms with van der Waals surface area (Å²) in [6.07, 6.45) is 0. The zero-order valence-corrected chi connectivity index (χ0v) is 36.0. The number of hydrogen-bond donors (Lipinski definition) is 0. The third kappa shape index (κ3) is 5.17. The lowest BCUT2D eigenvalue weighted by molar-refractivity contribution is 0.669. The van der Waals surface area contributed by atoms with E-state index in [9.17, 15) is 0 Å². The molecule has 0 fully saturated rings. The molecule has 0 N–H and O–H groups in total. The summed E-state index contributed by atoms with van der Waals surface area (Å²) in [6.45, 7) is 0. The molecule has 1 atom stereocenters. The van der Waals surface area contributed by atoms with Crippen LogP contribution in [-0.2, 0) is 5.41 Å². The van der Waals surface area contributed by atoms with Gasteiger partial charge in [-0.2, -0.15) is 0 Å². The van der Waals surface area contributed by atoms with Gasteiger partial charge in [0.2, 0.25) is 0 Å². The normalized spacial score (nSPS) is 14.5. The Morgan fingerprint density at radius 3 is 1.71 bits per heavy atom. The molecule has 0 amide bonds. The number of benzene rings is 10. The molecule has 0 saturated carbocycles. The van der Waals surface area contributed by atoms with Crippen molar-refractivity contribution in [2.75, 3.05) is 9.80 Å². The summed E-state index contributed by atoms with van der Waals surface area (Å²) in [6, 6.07) is 84.7. The molecule has 2 aliphatic carbocycles. The highest BCUT2D eigenvalue weighted by atomic mass is 32.1. The topological polar surface area (TPSA) is 19.6 Å². The van der Waals surface area contributed by atoms with Crippen LogP contribution in [-0.4, -0.2) is 0 Å². The van der Waals surface area contributed by atoms with Crippen molar-refractivity contribution in [3.05, 3.63) is 253 Å². The summed E-state index contributed by atoms with van der Waals surface area (Å²) in [7, 11) is 0. The van der Waals surface area contributed by atoms with Crippen LogP contribution in [0.15, 0.2) is 235 Å². The minimum absolute atomic E-state index is 0.577. The minimum atomic E-state index is -0.577. The fourth-order valence-corrected chi connectivity index (χ4v) is 12.3. The second-order valence-corrected chi connectivity index (χ2v) is 18.3. The van der Waals surface area contributed by atoms with Gasteiger partial charge in [-0.3, -0.25) is 0 Å². The third-order valence-corrected chi connectivity index (χ3v) is 15.0. The molecule has 2 aliphatic rings. The Kier molecular flexibility index (Phi) is 7.77. The smallest absolute Gasteiger partial charge is 0.135 e. The van der Waals surface area contributed by atoms with Crippen molar-refractivity contribution in [3.63, 3.8) is 0 Å². The van der Waals surface area contributed by atoms with Gasteiger partial charge in [-0.25, -0.2) is 0 Å². The number of rotatable bonds is 6. The highest BCUT2D eigenvalue weighted by Gasteiger charge is 2.52. The molecule has 0 radical (unpaired) electrons. The van der Waals surface area contributed by atoms with Crippen molar-refractivity contribution in [3.8, 4) is 22.3 Å². The van der Waals surface area contributed by atoms with Crippen LogP contribution < -0.4 is 9.80 Å². The summed E-state index contributed by atoms with van der Waals surface area (Å²) in [5.41, 5.74) is 18.1. The van der Waals surface area contributed by atoms with Crippen molar-refractivity contribution in [1.82, 2.24) is 0 Å². The van der Waals surface area contributed by atoms with E-state index in [-0.39, 0.29) is 0 Å². The summed E-state index contributed by atoms with van der Waals surface area (Å²) in [5, 5.41) is 4.79. The lowest BCUT2D eigenvalue weighted by Gasteiger charge is -2.33. The fourth-order valence-electron chi connectivity index (χ4n) is 11.2. The fraction of sp³-hybridized carbons (Fsp3) is 0.0164. The predicted molar refractivity (Wildman–Crippen MR) is 272 cm³/mol. The van der Waals surface area contributed by atoms with E-state index in [0.717, 1.165) is 56.1 Å². The Bertz CT molecular complexity index is 3860. The van der Waals surface area contributed by atoms with E-state index < -0.39 is 5.41 Å². The minimum Gasteiger partial charge on any atom is -0.456 e. The van der Waals surface area contributed by atoms with Gasteiger partial charge in [-0.15, -0.1) is 11.3 Å². The number of para-hydroxylation sites is 3. The molecular formula is C61H38N2OS. The Balaban J connectivity index is 1.02. The van der Waals surface area contributed by atoms with Crippen LogP contribution >= 0.6 is 11.3 Å². The first-order valence-electron chi connectivity index (χ1n) is 22.2. The van der Waals surface area contributed by atoms with Crippen LogP contribution in [0.25, 0.3) is 64.4 Å². The standard InChI is InChI=1S/C61H38N2OS/c1-3-16-39(17-4-1)62(41-32-35-59-50(37-41)47-22-10-14-29-58(47)65-59)43-30-33-45-44-20-7-11-24-51(44)61(54(45)38-43)52-25-12-8-23-48(52)60-53(61)26-15-27-55(60)63(40-18-5-2-6-19-40)42-31-34-57-49(36-42)46-21-9-13-28-56(46)64-57/h1-38H. The third-order valence-electron chi connectivity index (χ3n) is 13.8. The number of thiophene rings is 1. The lowest BCUT2D eigenvalue weighted by Crippen LogP contribution is -2.26. The zero-order chi connectivity index (χ0) is 42.6. The Hall–Kier alpha value is -8.18. The molecule has 2 heterocycles. The average molecular weight is 847 g/mol. The van der Waals surface area contributed by atoms with Gasteiger partial charge >= 0.3 is 0 Å². The molecule has 3 nitrogen and oxygen atoms in total. The van der Waals surface area contributed by atoms with E-state index in [1.807, 2.05) is 17.4 Å². The molecule has 0 bridgehead atoms. The van der Waals surface area contributed by atoms with E-state index in [1.165, 1.54) is 64.7 Å². The molecule has 14 rings (SSSR count). The second-order valence-electron chi connectivity index (χ2n) is 17.2. The van der Waals surface area contributed by atoms with Crippen LogP contribution in [0.3, 0.4) is 0 Å². The second kappa shape index (κ2) is 13.9. The Morgan fingerprint density at radius 2 is 0.877 bits per heavy atom. The summed E-state index contributed by atoms with van der Waals surface area (Å²) in [4.78, 5) is 4.88. The average Bonchev–Trinajstić information content (AvgIpc) is 4.10. The van der Waals surface area contributed by atoms with Crippen molar-refractivity contribution in [2.24, 2.45) is 0 Å². The number of fused-ring (bicyclic) bond motifs is 16. The van der Waals surface area contributed by atoms with Gasteiger partial charge in [0.1, 0.15) is 11.2 Å². The van der Waals surface area contributed by atoms with E-state index >= 15 is 0 Å². The summed E-state index contributed by atoms with van der Waals surface area (Å²) in [5.74, 6) is 0. The zero-order valence-electron chi connectivity index (χ0n) is 35.2. The quantitative estimate of drug-likeness (QED) is 0.166. The number of nitrogens with zero attached hydrogens (tertiary/aromatic N) is 2. The first-order chi connectivity index (χ1) is 32.2. The number of anilines is 6. The first-order valence-corrected chi connectivity index (χ1v) is 23.1. The van der Waals surface area contributed by atoms with Crippen LogP contribution in [0.2, 0.25) is 0 Å². The first kappa shape index (κ1) is 36.3. The van der Waals surface area contributed by atoms with Gasteiger partial charge in [0, 0.05) is 64.9 Å². The maximum atomic E-state index is 6.34. The molecular weight excluding hydrogens is 809 g/mol. The van der Waals surface area contributed by atoms with Gasteiger partial charge in [-0.05, 0) is 130 Å². The molecule has 304 valence electrons. The van der Waals surface area contributed by atoms with Crippen LogP contribution in [0, 0.1) is 0 Å².